The Morgan fingerprint density at radius 2 is 2.06 bits per heavy atom. The number of anilines is 1. The molecule has 0 bridgehead atoms. The van der Waals surface area contributed by atoms with Gasteiger partial charge >= 0.3 is 25.3 Å². The topological polar surface area (TPSA) is 175 Å². The highest BCUT2D eigenvalue weighted by Gasteiger charge is 2.60. The van der Waals surface area contributed by atoms with E-state index < -0.39 is 56.4 Å². The number of hydrogen-bond acceptors (Lipinski definition) is 9. The number of alkyl halides is 2. The number of carbonyl (C=O) groups is 1. The molecule has 0 saturated carbocycles. The van der Waals surface area contributed by atoms with E-state index >= 15 is 0 Å². The third-order valence-corrected chi connectivity index (χ3v) is 6.23. The standard InChI is InChI=1S/C18H21F2N4O8P/c1-10(15(26)27)23-33(29,32-11-5-3-2-4-6-11)30-9-12-14(25)18(19,20)16(31-12)24-8-7-13(21)22-17(24)28/h2-8,10,12,14,16,25H,9H2,1H3,(H,23,29)(H,26,27)(H2,21,22,28)/t10?,12-,14+,16-,33?/m1/s1. The second kappa shape index (κ2) is 9.53. The molecule has 5 atom stereocenters. The number of nitrogens with one attached hydrogen (secondary N) is 1. The Labute approximate surface area is 185 Å². The van der Waals surface area contributed by atoms with E-state index in [0.717, 1.165) is 19.2 Å². The quantitative estimate of drug-likeness (QED) is 0.369. The molecule has 1 aliphatic heterocycles. The van der Waals surface area contributed by atoms with Crippen LogP contribution in [-0.4, -0.2) is 56.5 Å². The lowest BCUT2D eigenvalue weighted by molar-refractivity contribution is -0.141. The maximum atomic E-state index is 14.7. The molecule has 2 heterocycles. The predicted molar refractivity (Wildman–Crippen MR) is 109 cm³/mol. The molecule has 2 aromatic rings. The number of ether oxygens (including phenoxy) is 1. The van der Waals surface area contributed by atoms with Crippen LogP contribution in [0.4, 0.5) is 14.6 Å². The molecule has 0 amide bonds. The number of aliphatic hydroxyl groups is 1. The number of hydrogen-bond donors (Lipinski definition) is 4. The lowest BCUT2D eigenvalue weighted by Crippen LogP contribution is -2.42. The van der Waals surface area contributed by atoms with E-state index in [1.165, 1.54) is 12.1 Å². The summed E-state index contributed by atoms with van der Waals surface area (Å²) in [5.74, 6) is -5.49. The monoisotopic (exact) mass is 490 g/mol. The maximum Gasteiger partial charge on any atom is 0.459 e. The summed E-state index contributed by atoms with van der Waals surface area (Å²) in [5.41, 5.74) is 4.22. The van der Waals surface area contributed by atoms with Gasteiger partial charge in [0.1, 0.15) is 23.7 Å². The highest BCUT2D eigenvalue weighted by atomic mass is 31.2. The number of carboxylic acid groups (broad SMARTS) is 1. The minimum atomic E-state index is -4.44. The molecular formula is C18H21F2N4O8P. The van der Waals surface area contributed by atoms with E-state index in [9.17, 15) is 28.0 Å². The van der Waals surface area contributed by atoms with Crippen LogP contribution in [0.2, 0.25) is 0 Å². The highest BCUT2D eigenvalue weighted by molar-refractivity contribution is 7.52. The summed E-state index contributed by atoms with van der Waals surface area (Å²) >= 11 is 0. The van der Waals surface area contributed by atoms with Crippen LogP contribution < -0.4 is 21.0 Å². The van der Waals surface area contributed by atoms with Crippen LogP contribution in [0.1, 0.15) is 13.2 Å². The van der Waals surface area contributed by atoms with E-state index in [2.05, 4.69) is 10.1 Å². The van der Waals surface area contributed by atoms with Crippen molar-refractivity contribution in [2.45, 2.75) is 37.3 Å². The average molecular weight is 490 g/mol. The van der Waals surface area contributed by atoms with Gasteiger partial charge in [-0.25, -0.2) is 9.36 Å². The van der Waals surface area contributed by atoms with Crippen LogP contribution in [0.3, 0.4) is 0 Å². The number of para-hydroxylation sites is 1. The van der Waals surface area contributed by atoms with Crippen LogP contribution in [0.25, 0.3) is 0 Å². The summed E-state index contributed by atoms with van der Waals surface area (Å²) in [6.45, 7) is 0.270. The van der Waals surface area contributed by atoms with Crippen molar-refractivity contribution >= 4 is 19.5 Å². The van der Waals surface area contributed by atoms with Crippen molar-refractivity contribution in [3.63, 3.8) is 0 Å². The second-order valence-corrected chi connectivity index (χ2v) is 8.77. The number of carboxylic acids is 1. The number of halogens is 2. The molecule has 33 heavy (non-hydrogen) atoms. The van der Waals surface area contributed by atoms with Gasteiger partial charge in [0, 0.05) is 6.20 Å². The third-order valence-electron chi connectivity index (χ3n) is 4.58. The smallest absolute Gasteiger partial charge is 0.459 e. The van der Waals surface area contributed by atoms with Crippen molar-refractivity contribution in [1.29, 1.82) is 0 Å². The summed E-state index contributed by atoms with van der Waals surface area (Å²) in [4.78, 5) is 26.5. The first kappa shape index (κ1) is 24.7. The van der Waals surface area contributed by atoms with Crippen LogP contribution in [0, 0.1) is 0 Å². The lowest BCUT2D eigenvalue weighted by Gasteiger charge is -2.23. The summed E-state index contributed by atoms with van der Waals surface area (Å²) in [6, 6.07) is 7.26. The molecule has 1 aliphatic rings. The van der Waals surface area contributed by atoms with Crippen LogP contribution in [-0.2, 0) is 18.6 Å². The fraction of sp³-hybridized carbons (Fsp3) is 0.389. The number of aliphatic carboxylic acids is 1. The summed E-state index contributed by atoms with van der Waals surface area (Å²) in [7, 11) is -4.44. The molecule has 1 saturated heterocycles. The number of nitrogen functional groups attached to an aromatic ring is 1. The van der Waals surface area contributed by atoms with Crippen molar-refractivity contribution in [1.82, 2.24) is 14.6 Å². The molecule has 0 spiro atoms. The van der Waals surface area contributed by atoms with Gasteiger partial charge in [-0.3, -0.25) is 13.9 Å². The Balaban J connectivity index is 1.80. The first-order valence-corrected chi connectivity index (χ1v) is 11.0. The van der Waals surface area contributed by atoms with Crippen molar-refractivity contribution < 1.29 is 42.1 Å². The number of aliphatic hydroxyl groups excluding tert-OH is 1. The van der Waals surface area contributed by atoms with E-state index in [1.807, 2.05) is 0 Å². The number of benzene rings is 1. The van der Waals surface area contributed by atoms with Gasteiger partial charge in [0.25, 0.3) is 0 Å². The Morgan fingerprint density at radius 3 is 2.67 bits per heavy atom. The van der Waals surface area contributed by atoms with Crippen molar-refractivity contribution in [3.05, 3.63) is 53.1 Å². The highest BCUT2D eigenvalue weighted by Crippen LogP contribution is 2.47. The molecule has 1 fully saturated rings. The van der Waals surface area contributed by atoms with E-state index in [4.69, 9.17) is 24.6 Å². The van der Waals surface area contributed by atoms with Gasteiger partial charge in [-0.05, 0) is 25.1 Å². The fourth-order valence-electron chi connectivity index (χ4n) is 2.88. The Bertz CT molecular complexity index is 1100. The molecule has 2 unspecified atom stereocenters. The van der Waals surface area contributed by atoms with Gasteiger partial charge in [-0.15, -0.1) is 0 Å². The fourth-order valence-corrected chi connectivity index (χ4v) is 4.39. The van der Waals surface area contributed by atoms with Gasteiger partial charge in [0.2, 0.25) is 6.23 Å². The lowest BCUT2D eigenvalue weighted by atomic mass is 10.1. The zero-order valence-electron chi connectivity index (χ0n) is 17.1. The Kier molecular flexibility index (Phi) is 7.14. The van der Waals surface area contributed by atoms with E-state index in [1.54, 1.807) is 18.2 Å². The average Bonchev–Trinajstić information content (AvgIpc) is 2.96. The molecule has 5 N–H and O–H groups in total. The molecule has 0 radical (unpaired) electrons. The molecule has 1 aromatic heterocycles. The first-order valence-electron chi connectivity index (χ1n) is 9.49. The van der Waals surface area contributed by atoms with E-state index in [0.29, 0.717) is 4.57 Å². The number of aromatic nitrogens is 2. The van der Waals surface area contributed by atoms with Crippen LogP contribution in [0.15, 0.2) is 47.4 Å². The third kappa shape index (κ3) is 5.54. The normalized spacial score (nSPS) is 24.7. The molecular weight excluding hydrogens is 469 g/mol. The van der Waals surface area contributed by atoms with Gasteiger partial charge in [0.15, 0.2) is 6.10 Å². The summed E-state index contributed by atoms with van der Waals surface area (Å²) in [5, 5.41) is 21.4. The number of nitrogens with two attached hydrogens (primary N) is 1. The molecule has 180 valence electrons. The summed E-state index contributed by atoms with van der Waals surface area (Å²) < 4.78 is 58.5. The molecule has 12 nitrogen and oxygen atoms in total. The minimum absolute atomic E-state index is 0.0431. The van der Waals surface area contributed by atoms with Crippen molar-refractivity contribution in [3.8, 4) is 5.75 Å². The molecule has 0 aliphatic carbocycles. The first-order chi connectivity index (χ1) is 15.4. The second-order valence-electron chi connectivity index (χ2n) is 7.08. The molecule has 1 aromatic carbocycles. The maximum absolute atomic E-state index is 14.7. The van der Waals surface area contributed by atoms with Gasteiger partial charge in [-0.1, -0.05) is 18.2 Å². The van der Waals surface area contributed by atoms with E-state index in [-0.39, 0.29) is 11.6 Å². The van der Waals surface area contributed by atoms with Crippen LogP contribution >= 0.6 is 7.75 Å². The Hall–Kier alpha value is -2.90. The van der Waals surface area contributed by atoms with Gasteiger partial charge < -0.3 is 25.2 Å². The number of nitrogens with zero attached hydrogens (tertiary/aromatic N) is 2. The minimum Gasteiger partial charge on any atom is -0.480 e. The predicted octanol–water partition coefficient (Wildman–Crippen LogP) is 0.985. The summed E-state index contributed by atoms with van der Waals surface area (Å²) in [6.07, 6.45) is -5.54. The van der Waals surface area contributed by atoms with Gasteiger partial charge in [0.05, 0.1) is 6.61 Å². The Morgan fingerprint density at radius 1 is 1.39 bits per heavy atom. The molecule has 15 heteroatoms. The van der Waals surface area contributed by atoms with Crippen LogP contribution in [0.5, 0.6) is 5.75 Å². The zero-order valence-corrected chi connectivity index (χ0v) is 18.0. The largest absolute Gasteiger partial charge is 0.480 e. The number of rotatable bonds is 9. The van der Waals surface area contributed by atoms with Crippen molar-refractivity contribution in [2.75, 3.05) is 12.3 Å². The SMILES string of the molecule is CC(NP(=O)(OC[C@H]1O[C@@H](n2ccc(N)nc2=O)C(F)(F)[C@H]1O)Oc1ccccc1)C(=O)O. The zero-order chi connectivity index (χ0) is 24.4. The van der Waals surface area contributed by atoms with Crippen molar-refractivity contribution in [2.24, 2.45) is 0 Å². The van der Waals surface area contributed by atoms with Gasteiger partial charge in [-0.2, -0.15) is 18.9 Å². The molecule has 3 rings (SSSR count).